The molecule has 0 amide bonds. The van der Waals surface area contributed by atoms with Crippen molar-refractivity contribution in [2.75, 3.05) is 39.8 Å². The molecule has 0 bridgehead atoms. The fourth-order valence-corrected chi connectivity index (χ4v) is 4.20. The normalized spacial score (nSPS) is 29.9. The maximum atomic E-state index is 5.49. The van der Waals surface area contributed by atoms with Crippen molar-refractivity contribution in [3.63, 3.8) is 0 Å². The van der Waals surface area contributed by atoms with Gasteiger partial charge in [-0.2, -0.15) is 0 Å². The van der Waals surface area contributed by atoms with Crippen LogP contribution in [-0.4, -0.2) is 61.8 Å². The molecule has 0 aromatic rings. The molecular weight excluding hydrogens is 272 g/mol. The van der Waals surface area contributed by atoms with Crippen LogP contribution in [0, 0.1) is 11.8 Å². The summed E-state index contributed by atoms with van der Waals surface area (Å²) in [4.78, 5) is 5.28. The number of ether oxygens (including phenoxy) is 1. The summed E-state index contributed by atoms with van der Waals surface area (Å²) in [6.07, 6.45) is 8.69. The number of hydrogen-bond donors (Lipinski definition) is 0. The predicted octanol–water partition coefficient (Wildman–Crippen LogP) is 3.63. The summed E-state index contributed by atoms with van der Waals surface area (Å²) in [6.45, 7) is 13.5. The molecule has 1 aliphatic heterocycles. The van der Waals surface area contributed by atoms with E-state index in [1.54, 1.807) is 0 Å². The van der Waals surface area contributed by atoms with Gasteiger partial charge in [-0.05, 0) is 70.8 Å². The van der Waals surface area contributed by atoms with E-state index in [0.29, 0.717) is 12.1 Å². The summed E-state index contributed by atoms with van der Waals surface area (Å²) in [7, 11) is 1.87. The van der Waals surface area contributed by atoms with Gasteiger partial charge in [-0.3, -0.25) is 4.90 Å². The lowest BCUT2D eigenvalue weighted by Crippen LogP contribution is -2.49. The van der Waals surface area contributed by atoms with Crippen LogP contribution in [-0.2, 0) is 4.74 Å². The summed E-state index contributed by atoms with van der Waals surface area (Å²) in [5.41, 5.74) is 0. The lowest BCUT2D eigenvalue weighted by atomic mass is 9.81. The molecular formula is C19H38N2O. The van der Waals surface area contributed by atoms with Crippen molar-refractivity contribution in [1.29, 1.82) is 0 Å². The molecule has 1 heterocycles. The average molecular weight is 311 g/mol. The number of methoxy groups -OCH3 is 1. The Balaban J connectivity index is 1.57. The third-order valence-corrected chi connectivity index (χ3v) is 5.94. The second-order valence-electron chi connectivity index (χ2n) is 7.98. The summed E-state index contributed by atoms with van der Waals surface area (Å²) in [5, 5.41) is 0. The van der Waals surface area contributed by atoms with Crippen molar-refractivity contribution < 1.29 is 4.74 Å². The van der Waals surface area contributed by atoms with Crippen molar-refractivity contribution in [1.82, 2.24) is 9.80 Å². The Morgan fingerprint density at radius 3 is 2.14 bits per heavy atom. The van der Waals surface area contributed by atoms with Gasteiger partial charge < -0.3 is 9.64 Å². The van der Waals surface area contributed by atoms with Gasteiger partial charge >= 0.3 is 0 Å². The summed E-state index contributed by atoms with van der Waals surface area (Å²) < 4.78 is 5.49. The van der Waals surface area contributed by atoms with Crippen LogP contribution in [0.5, 0.6) is 0 Å². The Bertz CT molecular complexity index is 292. The second kappa shape index (κ2) is 9.24. The standard InChI is InChI=1S/C19H38N2O/c1-16(2)21-13-11-20(12-14-21)10-9-17(3)15-18-5-7-19(22-4)8-6-18/h16-19H,5-15H2,1-4H3/t17-,18?,19?/m1/s1. The molecule has 0 radical (unpaired) electrons. The van der Waals surface area contributed by atoms with E-state index in [1.807, 2.05) is 7.11 Å². The maximum Gasteiger partial charge on any atom is 0.0571 e. The van der Waals surface area contributed by atoms with Gasteiger partial charge in [0.25, 0.3) is 0 Å². The molecule has 3 nitrogen and oxygen atoms in total. The molecule has 2 fully saturated rings. The van der Waals surface area contributed by atoms with E-state index < -0.39 is 0 Å². The fraction of sp³-hybridized carbons (Fsp3) is 1.00. The first-order valence-corrected chi connectivity index (χ1v) is 9.57. The molecule has 22 heavy (non-hydrogen) atoms. The van der Waals surface area contributed by atoms with Crippen LogP contribution < -0.4 is 0 Å². The van der Waals surface area contributed by atoms with Gasteiger partial charge in [0.15, 0.2) is 0 Å². The highest BCUT2D eigenvalue weighted by atomic mass is 16.5. The molecule has 0 aromatic carbocycles. The number of nitrogens with zero attached hydrogens (tertiary/aromatic N) is 2. The highest BCUT2D eigenvalue weighted by Crippen LogP contribution is 2.31. The van der Waals surface area contributed by atoms with Gasteiger partial charge in [0.2, 0.25) is 0 Å². The molecule has 1 atom stereocenters. The third kappa shape index (κ3) is 5.82. The Morgan fingerprint density at radius 2 is 1.59 bits per heavy atom. The minimum Gasteiger partial charge on any atom is -0.381 e. The average Bonchev–Trinajstić information content (AvgIpc) is 2.54. The van der Waals surface area contributed by atoms with E-state index in [2.05, 4.69) is 30.6 Å². The Hall–Kier alpha value is -0.120. The highest BCUT2D eigenvalue weighted by Gasteiger charge is 2.23. The molecule has 2 aliphatic rings. The Kier molecular flexibility index (Phi) is 7.66. The van der Waals surface area contributed by atoms with Crippen LogP contribution in [0.25, 0.3) is 0 Å². The predicted molar refractivity (Wildman–Crippen MR) is 94.3 cm³/mol. The minimum absolute atomic E-state index is 0.545. The van der Waals surface area contributed by atoms with E-state index in [1.165, 1.54) is 71.2 Å². The van der Waals surface area contributed by atoms with Gasteiger partial charge in [0.05, 0.1) is 6.10 Å². The molecule has 130 valence electrons. The molecule has 2 rings (SSSR count). The zero-order valence-electron chi connectivity index (χ0n) is 15.4. The lowest BCUT2D eigenvalue weighted by Gasteiger charge is -2.37. The molecule has 1 aliphatic carbocycles. The first-order valence-electron chi connectivity index (χ1n) is 9.57. The van der Waals surface area contributed by atoms with Crippen molar-refractivity contribution in [3.8, 4) is 0 Å². The van der Waals surface area contributed by atoms with Crippen molar-refractivity contribution in [3.05, 3.63) is 0 Å². The van der Waals surface area contributed by atoms with Crippen LogP contribution >= 0.6 is 0 Å². The molecule has 0 spiro atoms. The van der Waals surface area contributed by atoms with Crippen LogP contribution in [0.1, 0.15) is 59.3 Å². The monoisotopic (exact) mass is 310 g/mol. The smallest absolute Gasteiger partial charge is 0.0571 e. The molecule has 1 saturated heterocycles. The van der Waals surface area contributed by atoms with Crippen LogP contribution in [0.2, 0.25) is 0 Å². The number of hydrogen-bond acceptors (Lipinski definition) is 3. The summed E-state index contributed by atoms with van der Waals surface area (Å²) in [6, 6.07) is 0.711. The van der Waals surface area contributed by atoms with Gasteiger partial charge in [0.1, 0.15) is 0 Å². The van der Waals surface area contributed by atoms with Gasteiger partial charge in [-0.1, -0.05) is 6.92 Å². The van der Waals surface area contributed by atoms with E-state index in [9.17, 15) is 0 Å². The first kappa shape index (κ1) is 18.2. The highest BCUT2D eigenvalue weighted by molar-refractivity contribution is 4.77. The van der Waals surface area contributed by atoms with E-state index >= 15 is 0 Å². The zero-order valence-corrected chi connectivity index (χ0v) is 15.4. The maximum absolute atomic E-state index is 5.49. The zero-order chi connectivity index (χ0) is 15.9. The first-order chi connectivity index (χ1) is 10.6. The molecule has 0 aromatic heterocycles. The van der Waals surface area contributed by atoms with Gasteiger partial charge in [-0.15, -0.1) is 0 Å². The fourth-order valence-electron chi connectivity index (χ4n) is 4.20. The molecule has 1 saturated carbocycles. The Labute approximate surface area is 138 Å². The van der Waals surface area contributed by atoms with Gasteiger partial charge in [0, 0.05) is 39.3 Å². The summed E-state index contributed by atoms with van der Waals surface area (Å²) in [5.74, 6) is 1.84. The van der Waals surface area contributed by atoms with E-state index in [0.717, 1.165) is 11.8 Å². The summed E-state index contributed by atoms with van der Waals surface area (Å²) >= 11 is 0. The van der Waals surface area contributed by atoms with Crippen molar-refractivity contribution in [2.45, 2.75) is 71.4 Å². The van der Waals surface area contributed by atoms with E-state index in [4.69, 9.17) is 4.74 Å². The topological polar surface area (TPSA) is 15.7 Å². The Morgan fingerprint density at radius 1 is 0.955 bits per heavy atom. The van der Waals surface area contributed by atoms with Crippen LogP contribution in [0.15, 0.2) is 0 Å². The SMILES string of the molecule is COC1CCC(C[C@H](C)CCN2CCN(C(C)C)CC2)CC1. The van der Waals surface area contributed by atoms with Crippen molar-refractivity contribution in [2.24, 2.45) is 11.8 Å². The number of piperazine rings is 1. The van der Waals surface area contributed by atoms with Gasteiger partial charge in [-0.25, -0.2) is 0 Å². The van der Waals surface area contributed by atoms with Crippen LogP contribution in [0.4, 0.5) is 0 Å². The molecule has 3 heteroatoms. The molecule has 0 unspecified atom stereocenters. The minimum atomic E-state index is 0.545. The van der Waals surface area contributed by atoms with E-state index in [-0.39, 0.29) is 0 Å². The second-order valence-corrected chi connectivity index (χ2v) is 7.98. The largest absolute Gasteiger partial charge is 0.381 e. The third-order valence-electron chi connectivity index (χ3n) is 5.94. The molecule has 0 N–H and O–H groups in total. The van der Waals surface area contributed by atoms with Crippen LogP contribution in [0.3, 0.4) is 0 Å². The van der Waals surface area contributed by atoms with Crippen molar-refractivity contribution >= 4 is 0 Å². The lowest BCUT2D eigenvalue weighted by molar-refractivity contribution is 0.0522. The quantitative estimate of drug-likeness (QED) is 0.714. The number of rotatable bonds is 7.